The minimum atomic E-state index is -0.509. The number of para-hydroxylation sites is 2. The van der Waals surface area contributed by atoms with Crippen LogP contribution in [-0.4, -0.2) is 25.1 Å². The van der Waals surface area contributed by atoms with E-state index in [9.17, 15) is 4.79 Å². The number of ether oxygens (including phenoxy) is 1. The molecular weight excluding hydrogens is 324 g/mol. The Bertz CT molecular complexity index is 772. The van der Waals surface area contributed by atoms with E-state index in [1.54, 1.807) is 6.07 Å². The van der Waals surface area contributed by atoms with Crippen molar-refractivity contribution in [3.05, 3.63) is 53.1 Å². The van der Waals surface area contributed by atoms with Crippen molar-refractivity contribution in [2.24, 2.45) is 0 Å². The van der Waals surface area contributed by atoms with Crippen LogP contribution in [0.4, 0.5) is 11.4 Å². The van der Waals surface area contributed by atoms with Crippen LogP contribution in [0.3, 0.4) is 0 Å². The van der Waals surface area contributed by atoms with Crippen molar-refractivity contribution in [2.75, 3.05) is 23.3 Å². The molecule has 1 N–H and O–H groups in total. The molecule has 1 amide bonds. The molecule has 1 unspecified atom stereocenters. The Kier molecular flexibility index (Phi) is 4.07. The molecule has 0 spiro atoms. The van der Waals surface area contributed by atoms with Crippen LogP contribution in [0.5, 0.6) is 5.75 Å². The summed E-state index contributed by atoms with van der Waals surface area (Å²) in [6.45, 7) is 2.08. The Labute approximate surface area is 146 Å². The fraction of sp³-hybridized carbons (Fsp3) is 0.316. The molecule has 2 aromatic rings. The molecule has 0 bridgehead atoms. The van der Waals surface area contributed by atoms with Crippen LogP contribution in [0.1, 0.15) is 18.4 Å². The largest absolute Gasteiger partial charge is 0.480 e. The summed E-state index contributed by atoms with van der Waals surface area (Å²) < 4.78 is 5.78. The highest BCUT2D eigenvalue weighted by atomic mass is 35.5. The fourth-order valence-electron chi connectivity index (χ4n) is 3.39. The first-order valence-corrected chi connectivity index (χ1v) is 8.68. The van der Waals surface area contributed by atoms with Gasteiger partial charge >= 0.3 is 0 Å². The number of hydrogen-bond donors (Lipinski definition) is 1. The van der Waals surface area contributed by atoms with Gasteiger partial charge in [0.05, 0.1) is 11.4 Å². The molecule has 2 aromatic carbocycles. The lowest BCUT2D eigenvalue weighted by atomic mass is 10.1. The third-order valence-electron chi connectivity index (χ3n) is 4.60. The van der Waals surface area contributed by atoms with Crippen molar-refractivity contribution in [1.82, 2.24) is 0 Å². The lowest BCUT2D eigenvalue weighted by Gasteiger charge is -2.22. The van der Waals surface area contributed by atoms with Crippen LogP contribution >= 0.6 is 11.6 Å². The molecule has 2 aliphatic heterocycles. The van der Waals surface area contributed by atoms with Gasteiger partial charge in [-0.05, 0) is 48.7 Å². The molecule has 2 aliphatic rings. The zero-order valence-electron chi connectivity index (χ0n) is 13.3. The highest BCUT2D eigenvalue weighted by Gasteiger charge is 2.30. The standard InChI is InChI=1S/C19H19ClN2O2/c20-14-7-8-17-13(11-14)12-18(24-17)19(23)21-15-5-1-2-6-16(15)22-9-3-4-10-22/h1-2,5-8,11,18H,3-4,9-10,12H2,(H,21,23). The second-order valence-corrected chi connectivity index (χ2v) is 6.70. The number of nitrogens with one attached hydrogen (secondary N) is 1. The molecule has 1 atom stereocenters. The van der Waals surface area contributed by atoms with Gasteiger partial charge in [0, 0.05) is 24.5 Å². The molecular formula is C19H19ClN2O2. The lowest BCUT2D eigenvalue weighted by Crippen LogP contribution is -2.32. The number of benzene rings is 2. The normalized spacial score (nSPS) is 19.0. The maximum Gasteiger partial charge on any atom is 0.265 e. The van der Waals surface area contributed by atoms with Gasteiger partial charge in [-0.1, -0.05) is 23.7 Å². The monoisotopic (exact) mass is 342 g/mol. The van der Waals surface area contributed by atoms with Crippen molar-refractivity contribution in [1.29, 1.82) is 0 Å². The average molecular weight is 343 g/mol. The van der Waals surface area contributed by atoms with E-state index >= 15 is 0 Å². The van der Waals surface area contributed by atoms with E-state index in [-0.39, 0.29) is 5.91 Å². The van der Waals surface area contributed by atoms with Crippen LogP contribution in [0.2, 0.25) is 5.02 Å². The number of hydrogen-bond acceptors (Lipinski definition) is 3. The molecule has 0 saturated carbocycles. The molecule has 0 aliphatic carbocycles. The first kappa shape index (κ1) is 15.3. The number of fused-ring (bicyclic) bond motifs is 1. The SMILES string of the molecule is O=C(Nc1ccccc1N1CCCC1)C1Cc2cc(Cl)ccc2O1. The van der Waals surface area contributed by atoms with E-state index in [0.717, 1.165) is 35.8 Å². The van der Waals surface area contributed by atoms with Crippen molar-refractivity contribution in [2.45, 2.75) is 25.4 Å². The smallest absolute Gasteiger partial charge is 0.265 e. The van der Waals surface area contributed by atoms with E-state index < -0.39 is 6.10 Å². The molecule has 5 heteroatoms. The van der Waals surface area contributed by atoms with E-state index in [1.807, 2.05) is 30.3 Å². The Balaban J connectivity index is 1.49. The topological polar surface area (TPSA) is 41.6 Å². The summed E-state index contributed by atoms with van der Waals surface area (Å²) in [4.78, 5) is 15.0. The third kappa shape index (κ3) is 2.94. The minimum absolute atomic E-state index is 0.117. The van der Waals surface area contributed by atoms with Gasteiger partial charge < -0.3 is 15.0 Å². The molecule has 1 fully saturated rings. The summed E-state index contributed by atoms with van der Waals surface area (Å²) in [6.07, 6.45) is 2.44. The Morgan fingerprint density at radius 3 is 2.79 bits per heavy atom. The Morgan fingerprint density at radius 1 is 1.17 bits per heavy atom. The van der Waals surface area contributed by atoms with Crippen LogP contribution in [0.15, 0.2) is 42.5 Å². The maximum absolute atomic E-state index is 12.6. The number of amides is 1. The van der Waals surface area contributed by atoms with Crippen LogP contribution in [0, 0.1) is 0 Å². The van der Waals surface area contributed by atoms with E-state index in [0.29, 0.717) is 11.4 Å². The molecule has 0 aromatic heterocycles. The van der Waals surface area contributed by atoms with E-state index in [1.165, 1.54) is 12.8 Å². The zero-order valence-corrected chi connectivity index (χ0v) is 14.1. The molecule has 1 saturated heterocycles. The number of anilines is 2. The van der Waals surface area contributed by atoms with Crippen LogP contribution in [0.25, 0.3) is 0 Å². The van der Waals surface area contributed by atoms with Gasteiger partial charge in [0.25, 0.3) is 5.91 Å². The van der Waals surface area contributed by atoms with Gasteiger partial charge in [0.1, 0.15) is 5.75 Å². The molecule has 0 radical (unpaired) electrons. The van der Waals surface area contributed by atoms with Crippen molar-refractivity contribution in [3.63, 3.8) is 0 Å². The fourth-order valence-corrected chi connectivity index (χ4v) is 3.58. The van der Waals surface area contributed by atoms with E-state index in [2.05, 4.69) is 16.3 Å². The third-order valence-corrected chi connectivity index (χ3v) is 4.83. The van der Waals surface area contributed by atoms with Gasteiger partial charge in [-0.3, -0.25) is 4.79 Å². The molecule has 2 heterocycles. The predicted octanol–water partition coefficient (Wildman–Crippen LogP) is 3.88. The Morgan fingerprint density at radius 2 is 1.96 bits per heavy atom. The number of carbonyl (C=O) groups is 1. The number of nitrogens with zero attached hydrogens (tertiary/aromatic N) is 1. The first-order valence-electron chi connectivity index (χ1n) is 8.30. The zero-order chi connectivity index (χ0) is 16.5. The predicted molar refractivity (Wildman–Crippen MR) is 96.1 cm³/mol. The summed E-state index contributed by atoms with van der Waals surface area (Å²) in [5.74, 6) is 0.626. The van der Waals surface area contributed by atoms with Crippen molar-refractivity contribution < 1.29 is 9.53 Å². The highest BCUT2D eigenvalue weighted by Crippen LogP contribution is 2.33. The number of rotatable bonds is 3. The molecule has 24 heavy (non-hydrogen) atoms. The second kappa shape index (κ2) is 6.36. The summed E-state index contributed by atoms with van der Waals surface area (Å²) in [5, 5.41) is 3.70. The number of carbonyl (C=O) groups excluding carboxylic acids is 1. The second-order valence-electron chi connectivity index (χ2n) is 6.26. The van der Waals surface area contributed by atoms with Crippen molar-refractivity contribution >= 4 is 28.9 Å². The summed E-state index contributed by atoms with van der Waals surface area (Å²) in [6, 6.07) is 13.4. The molecule has 4 nitrogen and oxygen atoms in total. The van der Waals surface area contributed by atoms with Crippen molar-refractivity contribution in [3.8, 4) is 5.75 Å². The average Bonchev–Trinajstić information content (AvgIpc) is 3.24. The minimum Gasteiger partial charge on any atom is -0.480 e. The summed E-state index contributed by atoms with van der Waals surface area (Å²) in [5.41, 5.74) is 2.92. The summed E-state index contributed by atoms with van der Waals surface area (Å²) >= 11 is 6.01. The van der Waals surface area contributed by atoms with Gasteiger partial charge in [0.2, 0.25) is 0 Å². The molecule has 124 valence electrons. The first-order chi connectivity index (χ1) is 11.7. The van der Waals surface area contributed by atoms with Gasteiger partial charge in [-0.15, -0.1) is 0 Å². The Hall–Kier alpha value is -2.20. The van der Waals surface area contributed by atoms with Gasteiger partial charge in [-0.25, -0.2) is 0 Å². The lowest BCUT2D eigenvalue weighted by molar-refractivity contribution is -0.122. The van der Waals surface area contributed by atoms with Gasteiger partial charge in [0.15, 0.2) is 6.10 Å². The summed E-state index contributed by atoms with van der Waals surface area (Å²) in [7, 11) is 0. The van der Waals surface area contributed by atoms with Crippen LogP contribution < -0.4 is 15.0 Å². The highest BCUT2D eigenvalue weighted by molar-refractivity contribution is 6.30. The number of halogens is 1. The van der Waals surface area contributed by atoms with Crippen LogP contribution in [-0.2, 0) is 11.2 Å². The van der Waals surface area contributed by atoms with Gasteiger partial charge in [-0.2, -0.15) is 0 Å². The maximum atomic E-state index is 12.6. The molecule has 4 rings (SSSR count). The quantitative estimate of drug-likeness (QED) is 0.920. The van der Waals surface area contributed by atoms with E-state index in [4.69, 9.17) is 16.3 Å².